The Morgan fingerprint density at radius 3 is 2.69 bits per heavy atom. The third-order valence-electron chi connectivity index (χ3n) is 2.04. The Bertz CT molecular complexity index is 245. The Hall–Kier alpha value is -0.800. The Kier molecular flexibility index (Phi) is 3.99. The summed E-state index contributed by atoms with van der Waals surface area (Å²) in [7, 11) is 0. The van der Waals surface area contributed by atoms with Crippen molar-refractivity contribution in [3.63, 3.8) is 0 Å². The van der Waals surface area contributed by atoms with Gasteiger partial charge in [0.2, 0.25) is 0 Å². The molecule has 1 aromatic rings. The number of hydrogen-bond donors (Lipinski definition) is 2. The van der Waals surface area contributed by atoms with Gasteiger partial charge in [0.25, 0.3) is 0 Å². The number of hydrogen-bond acceptors (Lipinski definition) is 3. The molecule has 0 aliphatic rings. The zero-order valence-corrected chi connectivity index (χ0v) is 8.34. The highest BCUT2D eigenvalue weighted by atomic mass is 16.3. The van der Waals surface area contributed by atoms with Crippen LogP contribution in [0.25, 0.3) is 0 Å². The van der Waals surface area contributed by atoms with Crippen LogP contribution in [-0.2, 0) is 13.0 Å². The topological polar surface area (TPSA) is 51.2 Å². The first-order valence-electron chi connectivity index (χ1n) is 4.77. The summed E-state index contributed by atoms with van der Waals surface area (Å²) in [6.45, 7) is 5.56. The first-order chi connectivity index (χ1) is 6.26. The van der Waals surface area contributed by atoms with Crippen molar-refractivity contribution >= 4 is 0 Å². The van der Waals surface area contributed by atoms with Gasteiger partial charge in [-0.25, -0.2) is 0 Å². The lowest BCUT2D eigenvalue weighted by Gasteiger charge is -2.08. The molecule has 0 spiro atoms. The molecule has 1 heterocycles. The lowest BCUT2D eigenvalue weighted by molar-refractivity contribution is 0.433. The van der Waals surface area contributed by atoms with Gasteiger partial charge in [0.05, 0.1) is 6.54 Å². The predicted molar refractivity (Wildman–Crippen MR) is 53.4 cm³/mol. The van der Waals surface area contributed by atoms with Gasteiger partial charge in [0.1, 0.15) is 11.5 Å². The molecule has 0 saturated carbocycles. The van der Waals surface area contributed by atoms with Gasteiger partial charge < -0.3 is 15.5 Å². The largest absolute Gasteiger partial charge is 0.465 e. The maximum Gasteiger partial charge on any atom is 0.117 e. The highest BCUT2D eigenvalue weighted by Crippen LogP contribution is 2.07. The second kappa shape index (κ2) is 5.04. The van der Waals surface area contributed by atoms with Crippen molar-refractivity contribution in [3.05, 3.63) is 23.7 Å². The van der Waals surface area contributed by atoms with Crippen LogP contribution in [-0.4, -0.2) is 12.6 Å². The van der Waals surface area contributed by atoms with Crippen molar-refractivity contribution in [2.75, 3.05) is 6.54 Å². The molecule has 74 valence electrons. The first-order valence-corrected chi connectivity index (χ1v) is 4.77. The van der Waals surface area contributed by atoms with Crippen LogP contribution in [0.3, 0.4) is 0 Å². The molecule has 0 radical (unpaired) electrons. The molecule has 3 N–H and O–H groups in total. The van der Waals surface area contributed by atoms with E-state index >= 15 is 0 Å². The highest BCUT2D eigenvalue weighted by Gasteiger charge is 2.02. The number of furan rings is 1. The van der Waals surface area contributed by atoms with E-state index in [4.69, 9.17) is 10.2 Å². The molecule has 0 aliphatic heterocycles. The summed E-state index contributed by atoms with van der Waals surface area (Å²) in [5, 5.41) is 3.27. The fraction of sp³-hybridized carbons (Fsp3) is 0.600. The van der Waals surface area contributed by atoms with E-state index in [1.165, 1.54) is 0 Å². The SMILES string of the molecule is CCc1ccc(CN[C@H](C)CN)o1. The molecule has 0 fully saturated rings. The molecule has 1 rings (SSSR count). The fourth-order valence-corrected chi connectivity index (χ4v) is 1.07. The molecule has 0 saturated heterocycles. The maximum absolute atomic E-state index is 5.52. The second-order valence-electron chi connectivity index (χ2n) is 3.24. The average molecular weight is 182 g/mol. The van der Waals surface area contributed by atoms with Gasteiger partial charge in [0.15, 0.2) is 0 Å². The Labute approximate surface area is 79.3 Å². The highest BCUT2D eigenvalue weighted by molar-refractivity contribution is 5.06. The number of nitrogens with one attached hydrogen (secondary N) is 1. The normalized spacial score (nSPS) is 13.2. The van der Waals surface area contributed by atoms with Crippen molar-refractivity contribution in [2.45, 2.75) is 32.9 Å². The van der Waals surface area contributed by atoms with Crippen molar-refractivity contribution in [1.82, 2.24) is 5.32 Å². The summed E-state index contributed by atoms with van der Waals surface area (Å²) in [4.78, 5) is 0. The molecule has 13 heavy (non-hydrogen) atoms. The monoisotopic (exact) mass is 182 g/mol. The Balaban J connectivity index is 2.36. The summed E-state index contributed by atoms with van der Waals surface area (Å²) in [6.07, 6.45) is 0.951. The average Bonchev–Trinajstić information content (AvgIpc) is 2.61. The van der Waals surface area contributed by atoms with Gasteiger partial charge in [-0.05, 0) is 19.1 Å². The van der Waals surface area contributed by atoms with Crippen LogP contribution in [0.2, 0.25) is 0 Å². The lowest BCUT2D eigenvalue weighted by atomic mass is 10.3. The van der Waals surface area contributed by atoms with E-state index in [2.05, 4.69) is 19.2 Å². The van der Waals surface area contributed by atoms with Crippen molar-refractivity contribution in [1.29, 1.82) is 0 Å². The zero-order chi connectivity index (χ0) is 9.68. The quantitative estimate of drug-likeness (QED) is 0.721. The molecule has 0 amide bonds. The van der Waals surface area contributed by atoms with E-state index in [9.17, 15) is 0 Å². The van der Waals surface area contributed by atoms with Crippen LogP contribution in [0.5, 0.6) is 0 Å². The zero-order valence-electron chi connectivity index (χ0n) is 8.34. The van der Waals surface area contributed by atoms with E-state index in [1.54, 1.807) is 0 Å². The molecule has 1 atom stereocenters. The van der Waals surface area contributed by atoms with Crippen LogP contribution in [0.15, 0.2) is 16.5 Å². The standard InChI is InChI=1S/C10H18N2O/c1-3-9-4-5-10(13-9)7-12-8(2)6-11/h4-5,8,12H,3,6-7,11H2,1-2H3/t8-/m1/s1. The van der Waals surface area contributed by atoms with Gasteiger partial charge in [-0.3, -0.25) is 0 Å². The molecule has 3 heteroatoms. The smallest absolute Gasteiger partial charge is 0.117 e. The summed E-state index contributed by atoms with van der Waals surface area (Å²) in [5.74, 6) is 2.02. The maximum atomic E-state index is 5.52. The fourth-order valence-electron chi connectivity index (χ4n) is 1.07. The molecule has 0 unspecified atom stereocenters. The minimum Gasteiger partial charge on any atom is -0.465 e. The molecule has 3 nitrogen and oxygen atoms in total. The van der Waals surface area contributed by atoms with Crippen LogP contribution < -0.4 is 11.1 Å². The van der Waals surface area contributed by atoms with Crippen LogP contribution >= 0.6 is 0 Å². The Morgan fingerprint density at radius 2 is 2.15 bits per heavy atom. The number of aryl methyl sites for hydroxylation is 1. The van der Waals surface area contributed by atoms with E-state index in [1.807, 2.05) is 12.1 Å². The van der Waals surface area contributed by atoms with Gasteiger partial charge in [-0.2, -0.15) is 0 Å². The van der Waals surface area contributed by atoms with E-state index in [0.29, 0.717) is 12.6 Å². The van der Waals surface area contributed by atoms with Crippen molar-refractivity contribution < 1.29 is 4.42 Å². The van der Waals surface area contributed by atoms with Gasteiger partial charge in [0, 0.05) is 19.0 Å². The summed E-state index contributed by atoms with van der Waals surface area (Å²) >= 11 is 0. The third-order valence-corrected chi connectivity index (χ3v) is 2.04. The summed E-state index contributed by atoms with van der Waals surface area (Å²) in [5.41, 5.74) is 5.47. The van der Waals surface area contributed by atoms with E-state index in [-0.39, 0.29) is 0 Å². The van der Waals surface area contributed by atoms with E-state index < -0.39 is 0 Å². The lowest BCUT2D eigenvalue weighted by Crippen LogP contribution is -2.32. The molecule has 0 aromatic carbocycles. The van der Waals surface area contributed by atoms with Crippen LogP contribution in [0.1, 0.15) is 25.4 Å². The number of nitrogens with two attached hydrogens (primary N) is 1. The van der Waals surface area contributed by atoms with Crippen LogP contribution in [0, 0.1) is 0 Å². The molecule has 0 aliphatic carbocycles. The van der Waals surface area contributed by atoms with Gasteiger partial charge in [-0.1, -0.05) is 6.92 Å². The molecule has 0 bridgehead atoms. The third kappa shape index (κ3) is 3.20. The molecular weight excluding hydrogens is 164 g/mol. The van der Waals surface area contributed by atoms with E-state index in [0.717, 1.165) is 24.5 Å². The first kappa shape index (κ1) is 10.3. The molecular formula is C10H18N2O. The van der Waals surface area contributed by atoms with Crippen molar-refractivity contribution in [2.24, 2.45) is 5.73 Å². The van der Waals surface area contributed by atoms with Gasteiger partial charge in [-0.15, -0.1) is 0 Å². The predicted octanol–water partition coefficient (Wildman–Crippen LogP) is 1.28. The van der Waals surface area contributed by atoms with Crippen molar-refractivity contribution in [3.8, 4) is 0 Å². The Morgan fingerprint density at radius 1 is 1.46 bits per heavy atom. The summed E-state index contributed by atoms with van der Waals surface area (Å²) < 4.78 is 5.52. The minimum atomic E-state index is 0.343. The molecule has 1 aromatic heterocycles. The van der Waals surface area contributed by atoms with Gasteiger partial charge >= 0.3 is 0 Å². The number of rotatable bonds is 5. The second-order valence-corrected chi connectivity index (χ2v) is 3.24. The minimum absolute atomic E-state index is 0.343. The summed E-state index contributed by atoms with van der Waals surface area (Å²) in [6, 6.07) is 4.37. The van der Waals surface area contributed by atoms with Crippen LogP contribution in [0.4, 0.5) is 0 Å².